The van der Waals surface area contributed by atoms with E-state index in [2.05, 4.69) is 47.9 Å². The SMILES string of the molecule is CC(=O)[C@@]1(C#CCO)CC[C@H]2[C@@H]3CCC4=CC(=O)CCC4=C3[C@@H](c3ccc(N4CCOCC4)cc3)C[C@@]21C. The zero-order chi connectivity index (χ0) is 26.5. The molecule has 1 N–H and O–H groups in total. The molecule has 1 heterocycles. The van der Waals surface area contributed by atoms with Gasteiger partial charge in [0, 0.05) is 31.1 Å². The summed E-state index contributed by atoms with van der Waals surface area (Å²) in [6, 6.07) is 9.08. The molecule has 1 aromatic rings. The van der Waals surface area contributed by atoms with Crippen LogP contribution in [0, 0.1) is 34.5 Å². The molecule has 1 aliphatic heterocycles. The average molecular weight is 514 g/mol. The van der Waals surface area contributed by atoms with Crippen LogP contribution in [0.3, 0.4) is 0 Å². The maximum atomic E-state index is 13.4. The molecule has 0 amide bonds. The van der Waals surface area contributed by atoms with Gasteiger partial charge in [-0.1, -0.05) is 36.5 Å². The van der Waals surface area contributed by atoms with Crippen LogP contribution in [0.4, 0.5) is 5.69 Å². The number of carbonyl (C=O) groups excluding carboxylic acids is 2. The molecule has 0 bridgehead atoms. The van der Waals surface area contributed by atoms with Gasteiger partial charge in [0.2, 0.25) is 0 Å². The van der Waals surface area contributed by atoms with Crippen LogP contribution < -0.4 is 4.90 Å². The van der Waals surface area contributed by atoms with Gasteiger partial charge in [-0.05, 0) is 97.6 Å². The fraction of sp³-hybridized carbons (Fsp3) is 0.576. The number of Topliss-reactive ketones (excluding diaryl/α,β-unsaturated/α-hetero) is 1. The first-order valence-electron chi connectivity index (χ1n) is 14.4. The minimum absolute atomic E-state index is 0.139. The smallest absolute Gasteiger partial charge is 0.156 e. The molecule has 6 rings (SSSR count). The summed E-state index contributed by atoms with van der Waals surface area (Å²) in [4.78, 5) is 28.1. The van der Waals surface area contributed by atoms with Crippen LogP contribution in [0.2, 0.25) is 0 Å². The highest BCUT2D eigenvalue weighted by atomic mass is 16.5. The Kier molecular flexibility index (Phi) is 6.61. The second kappa shape index (κ2) is 9.81. The maximum absolute atomic E-state index is 13.4. The van der Waals surface area contributed by atoms with Crippen LogP contribution >= 0.6 is 0 Å². The van der Waals surface area contributed by atoms with Gasteiger partial charge in [-0.3, -0.25) is 9.59 Å². The molecule has 200 valence electrons. The normalized spacial score (nSPS) is 34.5. The number of rotatable bonds is 3. The summed E-state index contributed by atoms with van der Waals surface area (Å²) in [5, 5.41) is 9.57. The van der Waals surface area contributed by atoms with Crippen LogP contribution in [0.25, 0.3) is 0 Å². The predicted molar refractivity (Wildman–Crippen MR) is 148 cm³/mol. The lowest BCUT2D eigenvalue weighted by molar-refractivity contribution is -0.130. The standard InChI is InChI=1S/C33H39NO4/c1-22(36)33(13-3-17-35)14-12-30-28-10-6-24-20-26(37)9-11-27(24)31(28)29(21-32(30,33)2)23-4-7-25(8-5-23)34-15-18-38-19-16-34/h4-5,7-8,20,28-30,35H,6,9-12,14-19,21H2,1-2H3/t28-,29+,30-,32-,33+/m0/s1. The fourth-order valence-electron chi connectivity index (χ4n) is 8.79. The number of hydrogen-bond donors (Lipinski definition) is 1. The highest BCUT2D eigenvalue weighted by molar-refractivity contribution is 5.93. The fourth-order valence-corrected chi connectivity index (χ4v) is 8.79. The van der Waals surface area contributed by atoms with E-state index in [1.54, 1.807) is 6.92 Å². The van der Waals surface area contributed by atoms with Gasteiger partial charge in [0.1, 0.15) is 12.4 Å². The van der Waals surface area contributed by atoms with Crippen LogP contribution in [-0.4, -0.2) is 49.6 Å². The van der Waals surface area contributed by atoms with Crippen LogP contribution in [0.5, 0.6) is 0 Å². The van der Waals surface area contributed by atoms with Gasteiger partial charge in [0.05, 0.1) is 18.6 Å². The summed E-state index contributed by atoms with van der Waals surface area (Å²) in [6.07, 6.45) is 7.93. The summed E-state index contributed by atoms with van der Waals surface area (Å²) in [5.74, 6) is 7.59. The molecule has 0 spiro atoms. The molecular formula is C33H39NO4. The first kappa shape index (κ1) is 25.6. The lowest BCUT2D eigenvalue weighted by Crippen LogP contribution is -2.50. The van der Waals surface area contributed by atoms with Crippen molar-refractivity contribution in [2.45, 2.75) is 64.7 Å². The topological polar surface area (TPSA) is 66.8 Å². The Bertz CT molecular complexity index is 1260. The van der Waals surface area contributed by atoms with Crippen molar-refractivity contribution in [3.8, 4) is 11.8 Å². The number of ether oxygens (including phenoxy) is 1. The van der Waals surface area contributed by atoms with Crippen LogP contribution in [0.1, 0.15) is 70.3 Å². The molecule has 2 saturated carbocycles. The second-order valence-corrected chi connectivity index (χ2v) is 12.1. The third kappa shape index (κ3) is 3.91. The molecule has 0 radical (unpaired) electrons. The zero-order valence-corrected chi connectivity index (χ0v) is 22.7. The van der Waals surface area contributed by atoms with E-state index in [1.165, 1.54) is 28.0 Å². The van der Waals surface area contributed by atoms with E-state index in [9.17, 15) is 14.7 Å². The number of allylic oxidation sites excluding steroid dienone is 4. The number of carbonyl (C=O) groups is 2. The molecule has 5 heteroatoms. The van der Waals surface area contributed by atoms with E-state index in [0.29, 0.717) is 18.3 Å². The Morgan fingerprint density at radius 3 is 2.61 bits per heavy atom. The molecule has 1 saturated heterocycles. The number of hydrogen-bond acceptors (Lipinski definition) is 5. The number of aliphatic hydroxyl groups is 1. The molecule has 38 heavy (non-hydrogen) atoms. The third-order valence-electron chi connectivity index (χ3n) is 10.6. The molecule has 5 nitrogen and oxygen atoms in total. The minimum atomic E-state index is -0.721. The molecule has 4 aliphatic carbocycles. The lowest BCUT2D eigenvalue weighted by atomic mass is 9.48. The number of nitrogens with zero attached hydrogens (tertiary/aromatic N) is 1. The number of anilines is 1. The van der Waals surface area contributed by atoms with Gasteiger partial charge in [-0.15, -0.1) is 0 Å². The highest BCUT2D eigenvalue weighted by Gasteiger charge is 2.64. The zero-order valence-electron chi connectivity index (χ0n) is 22.7. The lowest BCUT2D eigenvalue weighted by Gasteiger charge is -2.54. The second-order valence-electron chi connectivity index (χ2n) is 12.1. The van der Waals surface area contributed by atoms with Crippen molar-refractivity contribution in [3.63, 3.8) is 0 Å². The van der Waals surface area contributed by atoms with Crippen LogP contribution in [0.15, 0.2) is 47.1 Å². The van der Waals surface area contributed by atoms with Crippen molar-refractivity contribution in [1.29, 1.82) is 0 Å². The summed E-state index contributed by atoms with van der Waals surface area (Å²) in [5.41, 5.74) is 5.74. The average Bonchev–Trinajstić information content (AvgIpc) is 3.24. The largest absolute Gasteiger partial charge is 0.384 e. The van der Waals surface area contributed by atoms with Gasteiger partial charge >= 0.3 is 0 Å². The van der Waals surface area contributed by atoms with Crippen LogP contribution in [-0.2, 0) is 14.3 Å². The van der Waals surface area contributed by atoms with Gasteiger partial charge in [-0.2, -0.15) is 0 Å². The van der Waals surface area contributed by atoms with Gasteiger partial charge < -0.3 is 14.7 Å². The number of fused-ring (bicyclic) bond motifs is 4. The van der Waals surface area contributed by atoms with Crippen molar-refractivity contribution < 1.29 is 19.4 Å². The molecule has 5 atom stereocenters. The van der Waals surface area contributed by atoms with E-state index in [0.717, 1.165) is 64.8 Å². The Hall–Kier alpha value is -2.68. The van der Waals surface area contributed by atoms with E-state index in [4.69, 9.17) is 4.74 Å². The summed E-state index contributed by atoms with van der Waals surface area (Å²) in [6.45, 7) is 7.14. The van der Waals surface area contributed by atoms with Crippen molar-refractivity contribution >= 4 is 17.3 Å². The monoisotopic (exact) mass is 513 g/mol. The summed E-state index contributed by atoms with van der Waals surface area (Å²) >= 11 is 0. The van der Waals surface area contributed by atoms with Crippen molar-refractivity contribution in [2.24, 2.45) is 22.7 Å². The first-order valence-corrected chi connectivity index (χ1v) is 14.4. The number of aliphatic hydroxyl groups excluding tert-OH is 1. The number of morpholine rings is 1. The van der Waals surface area contributed by atoms with Crippen molar-refractivity contribution in [2.75, 3.05) is 37.8 Å². The first-order chi connectivity index (χ1) is 18.4. The van der Waals surface area contributed by atoms with Gasteiger partial charge in [0.15, 0.2) is 5.78 Å². The molecule has 0 aromatic heterocycles. The Labute approximate surface area is 226 Å². The summed E-state index contributed by atoms with van der Waals surface area (Å²) in [7, 11) is 0. The number of ketones is 2. The predicted octanol–water partition coefficient (Wildman–Crippen LogP) is 4.99. The van der Waals surface area contributed by atoms with E-state index in [1.807, 2.05) is 6.08 Å². The molecule has 3 fully saturated rings. The van der Waals surface area contributed by atoms with Gasteiger partial charge in [0.25, 0.3) is 0 Å². The number of benzene rings is 1. The van der Waals surface area contributed by atoms with Crippen molar-refractivity contribution in [3.05, 3.63) is 52.6 Å². The molecule has 1 aromatic carbocycles. The molecule has 0 unspecified atom stereocenters. The minimum Gasteiger partial charge on any atom is -0.384 e. The molecular weight excluding hydrogens is 474 g/mol. The Morgan fingerprint density at radius 1 is 1.13 bits per heavy atom. The Morgan fingerprint density at radius 2 is 1.89 bits per heavy atom. The quantitative estimate of drug-likeness (QED) is 0.577. The van der Waals surface area contributed by atoms with Crippen molar-refractivity contribution in [1.82, 2.24) is 0 Å². The highest BCUT2D eigenvalue weighted by Crippen LogP contribution is 2.69. The third-order valence-corrected chi connectivity index (χ3v) is 10.6. The van der Waals surface area contributed by atoms with E-state index < -0.39 is 5.41 Å². The van der Waals surface area contributed by atoms with E-state index >= 15 is 0 Å². The Balaban J connectivity index is 1.47. The maximum Gasteiger partial charge on any atom is 0.156 e. The molecule has 5 aliphatic rings. The van der Waals surface area contributed by atoms with Gasteiger partial charge in [-0.25, -0.2) is 0 Å². The summed E-state index contributed by atoms with van der Waals surface area (Å²) < 4.78 is 5.54. The van der Waals surface area contributed by atoms with E-state index in [-0.39, 0.29) is 29.5 Å².